The zero-order valence-electron chi connectivity index (χ0n) is 12.3. The van der Waals surface area contributed by atoms with Crippen LogP contribution >= 0.6 is 0 Å². The van der Waals surface area contributed by atoms with Gasteiger partial charge in [-0.15, -0.1) is 0 Å². The molecule has 1 heterocycles. The van der Waals surface area contributed by atoms with Crippen LogP contribution in [0.2, 0.25) is 0 Å². The molecule has 0 saturated heterocycles. The highest BCUT2D eigenvalue weighted by Gasteiger charge is 2.16. The highest BCUT2D eigenvalue weighted by atomic mass is 16.5. The van der Waals surface area contributed by atoms with Gasteiger partial charge >= 0.3 is 17.6 Å². The van der Waals surface area contributed by atoms with E-state index in [1.165, 1.54) is 24.3 Å². The summed E-state index contributed by atoms with van der Waals surface area (Å²) in [5.41, 5.74) is 0.143. The number of benzene rings is 1. The smallest absolute Gasteiger partial charge is 0.336 e. The maximum atomic E-state index is 11.6. The number of ether oxygens (including phenoxy) is 1. The number of fused-ring (bicyclic) bond motifs is 1. The highest BCUT2D eigenvalue weighted by molar-refractivity contribution is 5.86. The largest absolute Gasteiger partial charge is 0.480 e. The molecule has 1 aromatic heterocycles. The van der Waals surface area contributed by atoms with Gasteiger partial charge < -0.3 is 24.3 Å². The summed E-state index contributed by atoms with van der Waals surface area (Å²) in [4.78, 5) is 44.8. The van der Waals surface area contributed by atoms with Crippen LogP contribution < -0.4 is 10.5 Å². The van der Waals surface area contributed by atoms with E-state index in [1.54, 1.807) is 0 Å². The van der Waals surface area contributed by atoms with Crippen LogP contribution in [0.5, 0.6) is 0 Å². The van der Waals surface area contributed by atoms with Crippen LogP contribution in [-0.4, -0.2) is 41.7 Å². The number of carbonyl (C=O) groups excluding carboxylic acids is 1. The van der Waals surface area contributed by atoms with Crippen LogP contribution in [-0.2, 0) is 25.7 Å². The van der Waals surface area contributed by atoms with E-state index in [0.29, 0.717) is 10.9 Å². The van der Waals surface area contributed by atoms with Crippen molar-refractivity contribution in [3.8, 4) is 0 Å². The van der Waals surface area contributed by atoms with Gasteiger partial charge in [-0.2, -0.15) is 0 Å². The standard InChI is InChI=1S/C15H13NO8/c17-8-23-7-9-3-15(22)24-12-4-10(1-2-11(9)12)16(5-13(18)19)6-14(20)21/h1-4,8H,5-7H2,(H,18,19)(H,20,21). The summed E-state index contributed by atoms with van der Waals surface area (Å²) in [7, 11) is 0. The predicted molar refractivity (Wildman–Crippen MR) is 80.8 cm³/mol. The van der Waals surface area contributed by atoms with Gasteiger partial charge in [0, 0.05) is 28.8 Å². The maximum Gasteiger partial charge on any atom is 0.336 e. The molecule has 2 aromatic rings. The van der Waals surface area contributed by atoms with Crippen molar-refractivity contribution in [1.82, 2.24) is 0 Å². The van der Waals surface area contributed by atoms with Crippen molar-refractivity contribution >= 4 is 35.1 Å². The topological polar surface area (TPSA) is 134 Å². The van der Waals surface area contributed by atoms with Crippen LogP contribution in [0.3, 0.4) is 0 Å². The second-order valence-corrected chi connectivity index (χ2v) is 4.82. The summed E-state index contributed by atoms with van der Waals surface area (Å²) in [5, 5.41) is 18.3. The van der Waals surface area contributed by atoms with Crippen LogP contribution in [0.1, 0.15) is 5.56 Å². The third-order valence-electron chi connectivity index (χ3n) is 3.14. The van der Waals surface area contributed by atoms with E-state index in [2.05, 4.69) is 4.74 Å². The first kappa shape index (κ1) is 17.0. The summed E-state index contributed by atoms with van der Waals surface area (Å²) in [6, 6.07) is 5.58. The highest BCUT2D eigenvalue weighted by Crippen LogP contribution is 2.24. The molecule has 0 aliphatic rings. The normalized spacial score (nSPS) is 10.3. The van der Waals surface area contributed by atoms with E-state index in [9.17, 15) is 19.2 Å². The Morgan fingerprint density at radius 2 is 1.83 bits per heavy atom. The van der Waals surface area contributed by atoms with Gasteiger partial charge in [0.25, 0.3) is 6.47 Å². The molecule has 0 spiro atoms. The third kappa shape index (κ3) is 4.09. The van der Waals surface area contributed by atoms with Crippen molar-refractivity contribution in [1.29, 1.82) is 0 Å². The zero-order valence-corrected chi connectivity index (χ0v) is 12.3. The fourth-order valence-corrected chi connectivity index (χ4v) is 2.22. The van der Waals surface area contributed by atoms with Crippen LogP contribution in [0, 0.1) is 0 Å². The monoisotopic (exact) mass is 335 g/mol. The summed E-state index contributed by atoms with van der Waals surface area (Å²) in [5.74, 6) is -2.41. The van der Waals surface area contributed by atoms with Crippen LogP contribution in [0.4, 0.5) is 5.69 Å². The van der Waals surface area contributed by atoms with Crippen LogP contribution in [0.15, 0.2) is 33.5 Å². The van der Waals surface area contributed by atoms with Gasteiger partial charge in [-0.3, -0.25) is 14.4 Å². The Bertz CT molecular complexity index is 825. The molecule has 2 rings (SSSR count). The Morgan fingerprint density at radius 3 is 2.42 bits per heavy atom. The predicted octanol–water partition coefficient (Wildman–Crippen LogP) is 0.442. The number of rotatable bonds is 8. The second kappa shape index (κ2) is 7.27. The number of carboxylic acids is 2. The molecule has 0 aliphatic heterocycles. The molecule has 0 aliphatic carbocycles. The van der Waals surface area contributed by atoms with Gasteiger partial charge in [0.05, 0.1) is 0 Å². The van der Waals surface area contributed by atoms with Gasteiger partial charge in [-0.05, 0) is 12.1 Å². The fourth-order valence-electron chi connectivity index (χ4n) is 2.22. The lowest BCUT2D eigenvalue weighted by atomic mass is 10.1. The van der Waals surface area contributed by atoms with E-state index in [-0.39, 0.29) is 24.3 Å². The van der Waals surface area contributed by atoms with Gasteiger partial charge in [-0.25, -0.2) is 4.79 Å². The van der Waals surface area contributed by atoms with Crippen LogP contribution in [0.25, 0.3) is 11.0 Å². The van der Waals surface area contributed by atoms with Crippen molar-refractivity contribution in [3.63, 3.8) is 0 Å². The molecule has 0 radical (unpaired) electrons. The van der Waals surface area contributed by atoms with Crippen molar-refractivity contribution in [2.24, 2.45) is 0 Å². The van der Waals surface area contributed by atoms with Crippen molar-refractivity contribution in [3.05, 3.63) is 40.2 Å². The zero-order chi connectivity index (χ0) is 17.7. The number of carboxylic acid groups (broad SMARTS) is 2. The first-order valence-corrected chi connectivity index (χ1v) is 6.71. The van der Waals surface area contributed by atoms with Gasteiger partial charge in [0.1, 0.15) is 25.3 Å². The number of carbonyl (C=O) groups is 3. The van der Waals surface area contributed by atoms with Gasteiger partial charge in [0.15, 0.2) is 0 Å². The Morgan fingerprint density at radius 1 is 1.17 bits per heavy atom. The lowest BCUT2D eigenvalue weighted by molar-refractivity contribution is -0.136. The number of nitrogens with zero attached hydrogens (tertiary/aromatic N) is 1. The Hall–Kier alpha value is -3.36. The molecule has 0 fully saturated rings. The minimum atomic E-state index is -1.20. The Labute approximate surface area is 134 Å². The first-order valence-electron chi connectivity index (χ1n) is 6.71. The molecule has 126 valence electrons. The summed E-state index contributed by atoms with van der Waals surface area (Å²) in [6.07, 6.45) is 0. The third-order valence-corrected chi connectivity index (χ3v) is 3.14. The summed E-state index contributed by atoms with van der Waals surface area (Å²) >= 11 is 0. The van der Waals surface area contributed by atoms with Gasteiger partial charge in [0.2, 0.25) is 0 Å². The minimum absolute atomic E-state index is 0.126. The number of aliphatic carboxylic acids is 2. The van der Waals surface area contributed by atoms with E-state index in [4.69, 9.17) is 14.6 Å². The molecule has 0 bridgehead atoms. The number of hydrogen-bond donors (Lipinski definition) is 2. The van der Waals surface area contributed by atoms with Gasteiger partial charge in [-0.1, -0.05) is 0 Å². The molecule has 9 nitrogen and oxygen atoms in total. The van der Waals surface area contributed by atoms with Crippen molar-refractivity contribution < 1.29 is 33.8 Å². The van der Waals surface area contributed by atoms with Crippen molar-refractivity contribution in [2.75, 3.05) is 18.0 Å². The molecule has 0 unspecified atom stereocenters. The minimum Gasteiger partial charge on any atom is -0.480 e. The fraction of sp³-hybridized carbons (Fsp3) is 0.200. The average molecular weight is 335 g/mol. The molecule has 9 heteroatoms. The quantitative estimate of drug-likeness (QED) is 0.520. The van der Waals surface area contributed by atoms with E-state index in [0.717, 1.165) is 4.90 Å². The van der Waals surface area contributed by atoms with Crippen molar-refractivity contribution in [2.45, 2.75) is 6.61 Å². The first-order chi connectivity index (χ1) is 11.4. The molecule has 0 atom stereocenters. The van der Waals surface area contributed by atoms with E-state index < -0.39 is 30.7 Å². The number of anilines is 1. The summed E-state index contributed by atoms with van der Waals surface area (Å²) in [6.45, 7) is -0.943. The Kier molecular flexibility index (Phi) is 5.15. The lowest BCUT2D eigenvalue weighted by Crippen LogP contribution is -2.34. The molecule has 1 aromatic carbocycles. The Balaban J connectivity index is 2.48. The molecule has 0 saturated carbocycles. The lowest BCUT2D eigenvalue weighted by Gasteiger charge is -2.20. The number of hydrogen-bond acceptors (Lipinski definition) is 7. The molecular formula is C15H13NO8. The summed E-state index contributed by atoms with van der Waals surface area (Å²) < 4.78 is 9.70. The maximum absolute atomic E-state index is 11.6. The molecule has 2 N–H and O–H groups in total. The second-order valence-electron chi connectivity index (χ2n) is 4.82. The molecule has 24 heavy (non-hydrogen) atoms. The average Bonchev–Trinajstić information content (AvgIpc) is 2.50. The SMILES string of the molecule is O=COCc1cc(=O)oc2cc(N(CC(=O)O)CC(=O)O)ccc12. The molecule has 0 amide bonds. The van der Waals surface area contributed by atoms with E-state index in [1.807, 2.05) is 0 Å². The van der Waals surface area contributed by atoms with E-state index >= 15 is 0 Å². The molecular weight excluding hydrogens is 322 g/mol.